The molecule has 0 saturated heterocycles. The summed E-state index contributed by atoms with van der Waals surface area (Å²) in [6.45, 7) is 0. The SMILES string of the molecule is NC(CC(=O)Nc1ccncc1)c1ccc(F)c(Oc2ccccc2)c1F. The van der Waals surface area contributed by atoms with Crippen LogP contribution in [0.25, 0.3) is 0 Å². The molecular formula is C20H17F2N3O2. The van der Waals surface area contributed by atoms with E-state index in [-0.39, 0.29) is 17.7 Å². The highest BCUT2D eigenvalue weighted by atomic mass is 19.1. The van der Waals surface area contributed by atoms with Crippen molar-refractivity contribution in [1.82, 2.24) is 4.98 Å². The fourth-order valence-electron chi connectivity index (χ4n) is 2.49. The number of amides is 1. The third-order valence-electron chi connectivity index (χ3n) is 3.81. The number of hydrogen-bond acceptors (Lipinski definition) is 4. The molecule has 0 radical (unpaired) electrons. The third-order valence-corrected chi connectivity index (χ3v) is 3.81. The summed E-state index contributed by atoms with van der Waals surface area (Å²) in [5, 5.41) is 2.64. The van der Waals surface area contributed by atoms with Crippen LogP contribution in [0.1, 0.15) is 18.0 Å². The first-order valence-electron chi connectivity index (χ1n) is 8.21. The highest BCUT2D eigenvalue weighted by Crippen LogP contribution is 2.32. The lowest BCUT2D eigenvalue weighted by Gasteiger charge is -2.16. The Bertz CT molecular complexity index is 921. The van der Waals surface area contributed by atoms with Gasteiger partial charge in [0.1, 0.15) is 5.75 Å². The predicted octanol–water partition coefficient (Wildman–Crippen LogP) is 4.18. The van der Waals surface area contributed by atoms with Crippen molar-refractivity contribution in [3.05, 3.63) is 84.2 Å². The maximum absolute atomic E-state index is 14.8. The molecule has 1 unspecified atom stereocenters. The molecule has 0 bridgehead atoms. The number of anilines is 1. The molecule has 138 valence electrons. The number of nitrogens with two attached hydrogens (primary N) is 1. The number of carbonyl (C=O) groups excluding carboxylic acids is 1. The van der Waals surface area contributed by atoms with E-state index in [4.69, 9.17) is 10.5 Å². The van der Waals surface area contributed by atoms with Crippen molar-refractivity contribution in [2.24, 2.45) is 5.73 Å². The second kappa shape index (κ2) is 8.37. The van der Waals surface area contributed by atoms with Crippen LogP contribution in [0.5, 0.6) is 11.5 Å². The molecular weight excluding hydrogens is 352 g/mol. The van der Waals surface area contributed by atoms with Crippen molar-refractivity contribution in [2.45, 2.75) is 12.5 Å². The first-order chi connectivity index (χ1) is 13.0. The molecule has 1 amide bonds. The minimum Gasteiger partial charge on any atom is -0.451 e. The Labute approximate surface area is 154 Å². The van der Waals surface area contributed by atoms with Crippen LogP contribution in [0.4, 0.5) is 14.5 Å². The Kier molecular flexibility index (Phi) is 5.73. The highest BCUT2D eigenvalue weighted by Gasteiger charge is 2.22. The quantitative estimate of drug-likeness (QED) is 0.683. The van der Waals surface area contributed by atoms with Crippen molar-refractivity contribution in [3.63, 3.8) is 0 Å². The van der Waals surface area contributed by atoms with Crippen LogP contribution in [0.15, 0.2) is 67.0 Å². The second-order valence-corrected chi connectivity index (χ2v) is 5.79. The molecule has 0 aliphatic heterocycles. The van der Waals surface area contributed by atoms with E-state index in [2.05, 4.69) is 10.3 Å². The van der Waals surface area contributed by atoms with Crippen molar-refractivity contribution in [1.29, 1.82) is 0 Å². The predicted molar refractivity (Wildman–Crippen MR) is 97.3 cm³/mol. The lowest BCUT2D eigenvalue weighted by atomic mass is 10.0. The summed E-state index contributed by atoms with van der Waals surface area (Å²) in [5.41, 5.74) is 6.52. The number of nitrogens with one attached hydrogen (secondary N) is 1. The number of benzene rings is 2. The number of pyridine rings is 1. The normalized spacial score (nSPS) is 11.7. The second-order valence-electron chi connectivity index (χ2n) is 5.79. The lowest BCUT2D eigenvalue weighted by molar-refractivity contribution is -0.116. The number of hydrogen-bond donors (Lipinski definition) is 2. The Morgan fingerprint density at radius 3 is 2.48 bits per heavy atom. The topological polar surface area (TPSA) is 77.2 Å². The Balaban J connectivity index is 1.75. The van der Waals surface area contributed by atoms with Gasteiger partial charge in [-0.15, -0.1) is 0 Å². The fourth-order valence-corrected chi connectivity index (χ4v) is 2.49. The number of aromatic nitrogens is 1. The molecule has 0 aliphatic rings. The minimum atomic E-state index is -0.967. The van der Waals surface area contributed by atoms with Crippen molar-refractivity contribution in [3.8, 4) is 11.5 Å². The average molecular weight is 369 g/mol. The number of ether oxygens (including phenoxy) is 1. The molecule has 7 heteroatoms. The van der Waals surface area contributed by atoms with E-state index < -0.39 is 29.3 Å². The van der Waals surface area contributed by atoms with Crippen LogP contribution in [0.3, 0.4) is 0 Å². The van der Waals surface area contributed by atoms with Gasteiger partial charge in [-0.1, -0.05) is 24.3 Å². The van der Waals surface area contributed by atoms with Crippen LogP contribution < -0.4 is 15.8 Å². The van der Waals surface area contributed by atoms with E-state index in [1.807, 2.05) is 0 Å². The van der Waals surface area contributed by atoms with E-state index in [1.165, 1.54) is 18.5 Å². The van der Waals surface area contributed by atoms with Gasteiger partial charge in [0.25, 0.3) is 0 Å². The molecule has 0 fully saturated rings. The zero-order valence-electron chi connectivity index (χ0n) is 14.2. The summed E-state index contributed by atoms with van der Waals surface area (Å²) >= 11 is 0. The first-order valence-corrected chi connectivity index (χ1v) is 8.21. The first kappa shape index (κ1) is 18.5. The number of nitrogens with zero attached hydrogens (tertiary/aromatic N) is 1. The molecule has 0 spiro atoms. The average Bonchev–Trinajstić information content (AvgIpc) is 2.66. The van der Waals surface area contributed by atoms with E-state index in [0.29, 0.717) is 5.69 Å². The monoisotopic (exact) mass is 369 g/mol. The van der Waals surface area contributed by atoms with Gasteiger partial charge in [0.05, 0.1) is 0 Å². The standard InChI is InChI=1S/C20H17F2N3O2/c21-16-7-6-15(19(22)20(16)27-14-4-2-1-3-5-14)17(23)12-18(26)25-13-8-10-24-11-9-13/h1-11,17H,12,23H2,(H,24,25,26). The molecule has 27 heavy (non-hydrogen) atoms. The third kappa shape index (κ3) is 4.65. The number of para-hydroxylation sites is 1. The molecule has 1 heterocycles. The Morgan fingerprint density at radius 1 is 1.07 bits per heavy atom. The van der Waals surface area contributed by atoms with Crippen LogP contribution in [-0.4, -0.2) is 10.9 Å². The molecule has 0 saturated carbocycles. The van der Waals surface area contributed by atoms with Gasteiger partial charge in [0, 0.05) is 36.1 Å². The van der Waals surface area contributed by atoms with Crippen LogP contribution >= 0.6 is 0 Å². The smallest absolute Gasteiger partial charge is 0.226 e. The van der Waals surface area contributed by atoms with Gasteiger partial charge in [-0.2, -0.15) is 0 Å². The number of carbonyl (C=O) groups is 1. The summed E-state index contributed by atoms with van der Waals surface area (Å²) < 4.78 is 34.1. The molecule has 0 aliphatic carbocycles. The maximum Gasteiger partial charge on any atom is 0.226 e. The summed E-state index contributed by atoms with van der Waals surface area (Å²) in [7, 11) is 0. The molecule has 3 aromatic rings. The Morgan fingerprint density at radius 2 is 1.78 bits per heavy atom. The van der Waals surface area contributed by atoms with Gasteiger partial charge < -0.3 is 15.8 Å². The molecule has 3 N–H and O–H groups in total. The van der Waals surface area contributed by atoms with Gasteiger partial charge in [-0.05, 0) is 30.3 Å². The van der Waals surface area contributed by atoms with Gasteiger partial charge in [0.15, 0.2) is 17.4 Å². The van der Waals surface area contributed by atoms with Gasteiger partial charge >= 0.3 is 0 Å². The summed E-state index contributed by atoms with van der Waals surface area (Å²) in [6, 6.07) is 12.8. The van der Waals surface area contributed by atoms with Gasteiger partial charge in [-0.3, -0.25) is 9.78 Å². The fraction of sp³-hybridized carbons (Fsp3) is 0.100. The van der Waals surface area contributed by atoms with E-state index in [0.717, 1.165) is 6.07 Å². The van der Waals surface area contributed by atoms with Crippen molar-refractivity contribution >= 4 is 11.6 Å². The molecule has 1 aromatic heterocycles. The van der Waals surface area contributed by atoms with Gasteiger partial charge in [-0.25, -0.2) is 8.78 Å². The number of rotatable bonds is 6. The summed E-state index contributed by atoms with van der Waals surface area (Å²) in [4.78, 5) is 16.0. The highest BCUT2D eigenvalue weighted by molar-refractivity contribution is 5.91. The van der Waals surface area contributed by atoms with Crippen molar-refractivity contribution in [2.75, 3.05) is 5.32 Å². The molecule has 2 aromatic carbocycles. The molecule has 1 atom stereocenters. The molecule has 5 nitrogen and oxygen atoms in total. The van der Waals surface area contributed by atoms with E-state index in [1.54, 1.807) is 42.5 Å². The lowest BCUT2D eigenvalue weighted by Crippen LogP contribution is -2.21. The van der Waals surface area contributed by atoms with E-state index >= 15 is 0 Å². The van der Waals surface area contributed by atoms with Crippen molar-refractivity contribution < 1.29 is 18.3 Å². The number of halogens is 2. The van der Waals surface area contributed by atoms with Crippen LogP contribution in [0.2, 0.25) is 0 Å². The minimum absolute atomic E-state index is 0.00721. The molecule has 3 rings (SSSR count). The summed E-state index contributed by atoms with van der Waals surface area (Å²) in [6.07, 6.45) is 2.88. The maximum atomic E-state index is 14.8. The Hall–Kier alpha value is -3.32. The zero-order chi connectivity index (χ0) is 19.2. The largest absolute Gasteiger partial charge is 0.451 e. The van der Waals surface area contributed by atoms with E-state index in [9.17, 15) is 13.6 Å². The van der Waals surface area contributed by atoms with Crippen LogP contribution in [0, 0.1) is 11.6 Å². The van der Waals surface area contributed by atoms with Gasteiger partial charge in [0.2, 0.25) is 5.91 Å². The van der Waals surface area contributed by atoms with Crippen LogP contribution in [-0.2, 0) is 4.79 Å². The summed E-state index contributed by atoms with van der Waals surface area (Å²) in [5.74, 6) is -2.44. The zero-order valence-corrected chi connectivity index (χ0v) is 14.2.